The lowest BCUT2D eigenvalue weighted by molar-refractivity contribution is -0.120. The van der Waals surface area contributed by atoms with E-state index in [2.05, 4.69) is 35.6 Å². The molecule has 1 rings (SSSR count). The first kappa shape index (κ1) is 21.7. The van der Waals surface area contributed by atoms with Gasteiger partial charge in [-0.2, -0.15) is 0 Å². The number of aryl methyl sites for hydroxylation is 1. The number of nitrogens with one attached hydrogen (secondary N) is 1. The van der Waals surface area contributed by atoms with Gasteiger partial charge in [0.2, 0.25) is 5.91 Å². The molecule has 0 saturated heterocycles. The highest BCUT2D eigenvalue weighted by molar-refractivity contribution is 5.75. The van der Waals surface area contributed by atoms with Crippen molar-refractivity contribution in [1.29, 1.82) is 0 Å². The van der Waals surface area contributed by atoms with Crippen molar-refractivity contribution in [3.05, 3.63) is 35.9 Å². The van der Waals surface area contributed by atoms with Gasteiger partial charge in [0.25, 0.3) is 0 Å². The molecule has 0 saturated carbocycles. The van der Waals surface area contributed by atoms with Crippen molar-refractivity contribution in [2.45, 2.75) is 96.3 Å². The van der Waals surface area contributed by atoms with E-state index in [0.29, 0.717) is 6.42 Å². The van der Waals surface area contributed by atoms with E-state index >= 15 is 0 Å². The first-order valence-corrected chi connectivity index (χ1v) is 10.6. The molecule has 0 bridgehead atoms. The lowest BCUT2D eigenvalue weighted by Crippen LogP contribution is -2.16. The number of rotatable bonds is 16. The second-order valence-electron chi connectivity index (χ2n) is 7.25. The Kier molecular flexibility index (Phi) is 14.1. The lowest BCUT2D eigenvalue weighted by atomic mass is 10.0. The molecule has 0 aromatic heterocycles. The number of hydrogen-bond donors (Lipinski definition) is 1. The molecule has 0 aliphatic carbocycles. The summed E-state index contributed by atoms with van der Waals surface area (Å²) < 4.78 is 0. The highest BCUT2D eigenvalue weighted by Crippen LogP contribution is 2.14. The molecular formula is C23H39NO. The van der Waals surface area contributed by atoms with Gasteiger partial charge >= 0.3 is 0 Å². The Balaban J connectivity index is 1.73. The van der Waals surface area contributed by atoms with E-state index in [0.717, 1.165) is 6.42 Å². The number of carbonyl (C=O) groups excluding carboxylic acids is 1. The molecule has 25 heavy (non-hydrogen) atoms. The third kappa shape index (κ3) is 13.6. The standard InChI is InChI=1S/C23H39NO/c1-24-23(25)21-17-12-10-8-6-4-2-3-5-7-9-11-14-18-22-19-15-13-16-20-22/h13,15-16,19-20H,2-12,14,17-18,21H2,1H3,(H,24,25). The van der Waals surface area contributed by atoms with E-state index in [1.807, 2.05) is 0 Å². The van der Waals surface area contributed by atoms with Crippen LogP contribution in [-0.4, -0.2) is 13.0 Å². The number of benzene rings is 1. The van der Waals surface area contributed by atoms with E-state index < -0.39 is 0 Å². The summed E-state index contributed by atoms with van der Waals surface area (Å²) in [4.78, 5) is 11.1. The number of unbranched alkanes of at least 4 members (excludes halogenated alkanes) is 12. The van der Waals surface area contributed by atoms with E-state index in [1.165, 1.54) is 89.0 Å². The zero-order valence-electron chi connectivity index (χ0n) is 16.4. The third-order valence-corrected chi connectivity index (χ3v) is 4.99. The molecule has 1 aromatic rings. The van der Waals surface area contributed by atoms with Gasteiger partial charge in [-0.25, -0.2) is 0 Å². The third-order valence-electron chi connectivity index (χ3n) is 4.99. The molecule has 2 nitrogen and oxygen atoms in total. The summed E-state index contributed by atoms with van der Waals surface area (Å²) in [5, 5.41) is 2.68. The number of hydrogen-bond acceptors (Lipinski definition) is 1. The minimum atomic E-state index is 0.181. The maximum Gasteiger partial charge on any atom is 0.219 e. The first-order chi connectivity index (χ1) is 12.3. The Bertz CT molecular complexity index is 415. The predicted octanol–water partition coefficient (Wildman–Crippen LogP) is 6.44. The molecule has 0 spiro atoms. The summed E-state index contributed by atoms with van der Waals surface area (Å²) in [7, 11) is 1.72. The van der Waals surface area contributed by atoms with Crippen LogP contribution in [0.5, 0.6) is 0 Å². The normalized spacial score (nSPS) is 10.8. The summed E-state index contributed by atoms with van der Waals surface area (Å²) in [5.41, 5.74) is 1.48. The Morgan fingerprint density at radius 3 is 1.60 bits per heavy atom. The Morgan fingerprint density at radius 2 is 1.12 bits per heavy atom. The summed E-state index contributed by atoms with van der Waals surface area (Å²) >= 11 is 0. The van der Waals surface area contributed by atoms with Crippen LogP contribution in [0.2, 0.25) is 0 Å². The first-order valence-electron chi connectivity index (χ1n) is 10.6. The van der Waals surface area contributed by atoms with Gasteiger partial charge in [-0.15, -0.1) is 0 Å². The second-order valence-corrected chi connectivity index (χ2v) is 7.25. The Hall–Kier alpha value is -1.31. The fraction of sp³-hybridized carbons (Fsp3) is 0.696. The van der Waals surface area contributed by atoms with Crippen LogP contribution in [-0.2, 0) is 11.2 Å². The van der Waals surface area contributed by atoms with Crippen LogP contribution in [0.15, 0.2) is 30.3 Å². The van der Waals surface area contributed by atoms with Crippen molar-refractivity contribution in [3.8, 4) is 0 Å². The van der Waals surface area contributed by atoms with Gasteiger partial charge in [-0.1, -0.05) is 101 Å². The van der Waals surface area contributed by atoms with Crippen LogP contribution in [0, 0.1) is 0 Å². The van der Waals surface area contributed by atoms with Crippen LogP contribution in [0.4, 0.5) is 0 Å². The molecule has 2 heteroatoms. The zero-order chi connectivity index (χ0) is 18.0. The predicted molar refractivity (Wildman–Crippen MR) is 109 cm³/mol. The molecule has 0 atom stereocenters. The van der Waals surface area contributed by atoms with E-state index in [-0.39, 0.29) is 5.91 Å². The van der Waals surface area contributed by atoms with Crippen LogP contribution < -0.4 is 5.32 Å². The van der Waals surface area contributed by atoms with Crippen LogP contribution >= 0.6 is 0 Å². The highest BCUT2D eigenvalue weighted by atomic mass is 16.1. The summed E-state index contributed by atoms with van der Waals surface area (Å²) in [5.74, 6) is 0.181. The molecular weight excluding hydrogens is 306 g/mol. The topological polar surface area (TPSA) is 29.1 Å². The smallest absolute Gasteiger partial charge is 0.219 e. The molecule has 0 unspecified atom stereocenters. The van der Waals surface area contributed by atoms with Crippen molar-refractivity contribution in [2.75, 3.05) is 7.05 Å². The van der Waals surface area contributed by atoms with Crippen LogP contribution in [0.3, 0.4) is 0 Å². The van der Waals surface area contributed by atoms with E-state index in [4.69, 9.17) is 0 Å². The largest absolute Gasteiger partial charge is 0.359 e. The molecule has 0 fully saturated rings. The van der Waals surface area contributed by atoms with Crippen molar-refractivity contribution in [3.63, 3.8) is 0 Å². The minimum absolute atomic E-state index is 0.181. The highest BCUT2D eigenvalue weighted by Gasteiger charge is 1.98. The quantitative estimate of drug-likeness (QED) is 0.343. The lowest BCUT2D eigenvalue weighted by Gasteiger charge is -2.04. The molecule has 0 heterocycles. The summed E-state index contributed by atoms with van der Waals surface area (Å²) in [6.45, 7) is 0. The number of amides is 1. The Morgan fingerprint density at radius 1 is 0.680 bits per heavy atom. The summed E-state index contributed by atoms with van der Waals surface area (Å²) in [6, 6.07) is 10.8. The van der Waals surface area contributed by atoms with Crippen LogP contribution in [0.25, 0.3) is 0 Å². The molecule has 0 aliphatic rings. The van der Waals surface area contributed by atoms with E-state index in [9.17, 15) is 4.79 Å². The fourth-order valence-electron chi connectivity index (χ4n) is 3.33. The van der Waals surface area contributed by atoms with Gasteiger partial charge in [0.05, 0.1) is 0 Å². The molecule has 1 aromatic carbocycles. The van der Waals surface area contributed by atoms with Crippen LogP contribution in [0.1, 0.15) is 95.5 Å². The SMILES string of the molecule is CNC(=O)CCCCCCCCCCCCCCCc1ccccc1. The van der Waals surface area contributed by atoms with Crippen molar-refractivity contribution in [1.82, 2.24) is 5.32 Å². The van der Waals surface area contributed by atoms with Gasteiger partial charge in [-0.3, -0.25) is 4.79 Å². The fourth-order valence-corrected chi connectivity index (χ4v) is 3.33. The average molecular weight is 346 g/mol. The van der Waals surface area contributed by atoms with Crippen molar-refractivity contribution >= 4 is 5.91 Å². The molecule has 1 amide bonds. The molecule has 0 radical (unpaired) electrons. The molecule has 0 aliphatic heterocycles. The monoisotopic (exact) mass is 345 g/mol. The maximum atomic E-state index is 11.1. The zero-order valence-corrected chi connectivity index (χ0v) is 16.4. The van der Waals surface area contributed by atoms with Crippen molar-refractivity contribution < 1.29 is 4.79 Å². The number of carbonyl (C=O) groups is 1. The van der Waals surface area contributed by atoms with E-state index in [1.54, 1.807) is 7.05 Å². The van der Waals surface area contributed by atoms with Gasteiger partial charge < -0.3 is 5.32 Å². The van der Waals surface area contributed by atoms with Gasteiger partial charge in [-0.05, 0) is 24.8 Å². The van der Waals surface area contributed by atoms with Gasteiger partial charge in [0, 0.05) is 13.5 Å². The van der Waals surface area contributed by atoms with Gasteiger partial charge in [0.1, 0.15) is 0 Å². The van der Waals surface area contributed by atoms with Gasteiger partial charge in [0.15, 0.2) is 0 Å². The Labute approximate surface area is 155 Å². The maximum absolute atomic E-state index is 11.1. The second kappa shape index (κ2) is 16.2. The molecule has 1 N–H and O–H groups in total. The minimum Gasteiger partial charge on any atom is -0.359 e. The summed E-state index contributed by atoms with van der Waals surface area (Å²) in [6.07, 6.45) is 19.3. The molecule has 142 valence electrons. The van der Waals surface area contributed by atoms with Crippen molar-refractivity contribution in [2.24, 2.45) is 0 Å². The average Bonchev–Trinajstić information content (AvgIpc) is 2.65.